The van der Waals surface area contributed by atoms with E-state index < -0.39 is 35.1 Å². The van der Waals surface area contributed by atoms with Gasteiger partial charge in [0.25, 0.3) is 5.91 Å². The zero-order chi connectivity index (χ0) is 21.7. The van der Waals surface area contributed by atoms with Crippen molar-refractivity contribution in [2.75, 3.05) is 28.5 Å². The number of rotatable bonds is 7. The first-order chi connectivity index (χ1) is 14.3. The lowest BCUT2D eigenvalue weighted by atomic mass is 10.2. The minimum absolute atomic E-state index is 0.0000800. The molecule has 0 radical (unpaired) electrons. The van der Waals surface area contributed by atoms with E-state index in [4.69, 9.17) is 4.74 Å². The third kappa shape index (κ3) is 5.23. The summed E-state index contributed by atoms with van der Waals surface area (Å²) in [5.41, 5.74) is 0.411. The number of benzene rings is 2. The summed E-state index contributed by atoms with van der Waals surface area (Å²) in [6, 6.07) is 11.5. The van der Waals surface area contributed by atoms with Crippen LogP contribution in [-0.2, 0) is 19.6 Å². The molecule has 30 heavy (non-hydrogen) atoms. The Morgan fingerprint density at radius 3 is 2.60 bits per heavy atom. The van der Waals surface area contributed by atoms with Crippen molar-refractivity contribution in [3.05, 3.63) is 54.1 Å². The highest BCUT2D eigenvalue weighted by atomic mass is 32.2. The molecule has 11 heteroatoms. The predicted octanol–water partition coefficient (Wildman–Crippen LogP) is 2.62. The van der Waals surface area contributed by atoms with E-state index in [1.165, 1.54) is 46.8 Å². The largest absolute Gasteiger partial charge is 0.452 e. The lowest BCUT2D eigenvalue weighted by Gasteiger charge is -2.17. The second kappa shape index (κ2) is 9.08. The van der Waals surface area contributed by atoms with E-state index >= 15 is 0 Å². The van der Waals surface area contributed by atoms with E-state index in [1.54, 1.807) is 6.07 Å². The van der Waals surface area contributed by atoms with Crippen molar-refractivity contribution >= 4 is 33.3 Å². The zero-order valence-corrected chi connectivity index (χ0v) is 16.4. The number of nitrogens with zero attached hydrogens (tertiary/aromatic N) is 1. The molecule has 0 spiro atoms. The molecule has 0 saturated carbocycles. The molecule has 0 bridgehead atoms. The number of alkyl halides is 2. The first kappa shape index (κ1) is 21.5. The fraction of sp³-hybridized carbons (Fsp3) is 0.263. The van der Waals surface area contributed by atoms with Crippen molar-refractivity contribution in [2.24, 2.45) is 0 Å². The number of para-hydroxylation sites is 2. The van der Waals surface area contributed by atoms with Gasteiger partial charge in [0.05, 0.1) is 22.7 Å². The van der Waals surface area contributed by atoms with Gasteiger partial charge in [0.1, 0.15) is 5.75 Å². The van der Waals surface area contributed by atoms with Crippen LogP contribution in [0, 0.1) is 0 Å². The van der Waals surface area contributed by atoms with Crippen LogP contribution in [-0.4, -0.2) is 45.8 Å². The molecule has 1 fully saturated rings. The third-order valence-electron chi connectivity index (χ3n) is 4.18. The lowest BCUT2D eigenvalue weighted by molar-refractivity contribution is -0.119. The maximum absolute atomic E-state index is 12.4. The number of ether oxygens (including phenoxy) is 2. The molecule has 3 rings (SSSR count). The summed E-state index contributed by atoms with van der Waals surface area (Å²) in [5.74, 6) is -1.78. The highest BCUT2D eigenvalue weighted by Gasteiger charge is 2.28. The number of halogens is 2. The molecule has 0 unspecified atom stereocenters. The standard InChI is InChI=1S/C19H18F2N2O6S/c20-19(21)29-16-8-2-1-7-15(16)22-17(24)12-28-18(25)13-5-3-6-14(11-13)23-9-4-10-30(23,26)27/h1-3,5-8,11,19H,4,9-10,12H2,(H,22,24). The highest BCUT2D eigenvalue weighted by molar-refractivity contribution is 7.93. The quantitative estimate of drug-likeness (QED) is 0.664. The molecule has 0 aliphatic carbocycles. The number of sulfonamides is 1. The van der Waals surface area contributed by atoms with E-state index in [0.717, 1.165) is 0 Å². The summed E-state index contributed by atoms with van der Waals surface area (Å²) >= 11 is 0. The molecule has 1 N–H and O–H groups in total. The lowest BCUT2D eigenvalue weighted by Crippen LogP contribution is -2.25. The van der Waals surface area contributed by atoms with E-state index in [1.807, 2.05) is 0 Å². The van der Waals surface area contributed by atoms with Gasteiger partial charge in [-0.3, -0.25) is 9.10 Å². The number of nitrogens with one attached hydrogen (secondary N) is 1. The fourth-order valence-electron chi connectivity index (χ4n) is 2.89. The number of hydrogen-bond donors (Lipinski definition) is 1. The van der Waals surface area contributed by atoms with Gasteiger partial charge in [0, 0.05) is 6.54 Å². The van der Waals surface area contributed by atoms with E-state index in [2.05, 4.69) is 10.1 Å². The topological polar surface area (TPSA) is 102 Å². The second-order valence-corrected chi connectivity index (χ2v) is 8.30. The average molecular weight is 440 g/mol. The molecule has 8 nitrogen and oxygen atoms in total. The maximum Gasteiger partial charge on any atom is 0.387 e. The van der Waals surface area contributed by atoms with Gasteiger partial charge in [-0.2, -0.15) is 8.78 Å². The molecular formula is C19H18F2N2O6S. The molecular weight excluding hydrogens is 422 g/mol. The van der Waals surface area contributed by atoms with Crippen molar-refractivity contribution in [3.8, 4) is 5.75 Å². The Morgan fingerprint density at radius 2 is 1.90 bits per heavy atom. The van der Waals surface area contributed by atoms with E-state index in [-0.39, 0.29) is 22.8 Å². The molecule has 160 valence electrons. The Balaban J connectivity index is 1.61. The normalized spacial score (nSPS) is 15.1. The van der Waals surface area contributed by atoms with E-state index in [9.17, 15) is 26.8 Å². The molecule has 0 aromatic heterocycles. The number of carbonyl (C=O) groups excluding carboxylic acids is 2. The molecule has 1 heterocycles. The van der Waals surface area contributed by atoms with Gasteiger partial charge in [-0.25, -0.2) is 13.2 Å². The number of amides is 1. The maximum atomic E-state index is 12.4. The molecule has 1 amide bonds. The van der Waals surface area contributed by atoms with Crippen LogP contribution >= 0.6 is 0 Å². The molecule has 2 aromatic rings. The zero-order valence-electron chi connectivity index (χ0n) is 15.6. The smallest absolute Gasteiger partial charge is 0.387 e. The summed E-state index contributed by atoms with van der Waals surface area (Å²) in [6.45, 7) is -3.41. The van der Waals surface area contributed by atoms with Crippen LogP contribution < -0.4 is 14.4 Å². The molecule has 0 atom stereocenters. The van der Waals surface area contributed by atoms with Crippen molar-refractivity contribution in [1.82, 2.24) is 0 Å². The summed E-state index contributed by atoms with van der Waals surface area (Å²) in [7, 11) is -3.40. The Morgan fingerprint density at radius 1 is 1.13 bits per heavy atom. The molecule has 1 saturated heterocycles. The van der Waals surface area contributed by atoms with Gasteiger partial charge in [0.15, 0.2) is 6.61 Å². The fourth-order valence-corrected chi connectivity index (χ4v) is 4.44. The van der Waals surface area contributed by atoms with Crippen LogP contribution in [0.4, 0.5) is 20.2 Å². The van der Waals surface area contributed by atoms with Crippen molar-refractivity contribution in [1.29, 1.82) is 0 Å². The van der Waals surface area contributed by atoms with Crippen molar-refractivity contribution < 1.29 is 36.3 Å². The van der Waals surface area contributed by atoms with Crippen LogP contribution in [0.15, 0.2) is 48.5 Å². The first-order valence-corrected chi connectivity index (χ1v) is 10.5. The van der Waals surface area contributed by atoms with Gasteiger partial charge >= 0.3 is 12.6 Å². The van der Waals surface area contributed by atoms with Crippen LogP contribution in [0.3, 0.4) is 0 Å². The van der Waals surface area contributed by atoms with Gasteiger partial charge in [-0.15, -0.1) is 0 Å². The summed E-state index contributed by atoms with van der Waals surface area (Å²) in [4.78, 5) is 24.3. The summed E-state index contributed by atoms with van der Waals surface area (Å²) < 4.78 is 59.4. The van der Waals surface area contributed by atoms with Gasteiger partial charge in [0.2, 0.25) is 10.0 Å². The van der Waals surface area contributed by atoms with Crippen LogP contribution in [0.2, 0.25) is 0 Å². The molecule has 1 aliphatic heterocycles. The minimum atomic E-state index is -3.40. The van der Waals surface area contributed by atoms with E-state index in [0.29, 0.717) is 18.7 Å². The third-order valence-corrected chi connectivity index (χ3v) is 6.05. The van der Waals surface area contributed by atoms with Crippen molar-refractivity contribution in [3.63, 3.8) is 0 Å². The summed E-state index contributed by atoms with van der Waals surface area (Å²) in [5, 5.41) is 2.33. The van der Waals surface area contributed by atoms with Gasteiger partial charge < -0.3 is 14.8 Å². The predicted molar refractivity (Wildman–Crippen MR) is 104 cm³/mol. The first-order valence-electron chi connectivity index (χ1n) is 8.87. The minimum Gasteiger partial charge on any atom is -0.452 e. The Hall–Kier alpha value is -3.21. The van der Waals surface area contributed by atoms with Crippen LogP contribution in [0.5, 0.6) is 5.75 Å². The second-order valence-electron chi connectivity index (χ2n) is 6.29. The van der Waals surface area contributed by atoms with Gasteiger partial charge in [-0.1, -0.05) is 18.2 Å². The highest BCUT2D eigenvalue weighted by Crippen LogP contribution is 2.26. The average Bonchev–Trinajstić information content (AvgIpc) is 3.06. The SMILES string of the molecule is O=C(COC(=O)c1cccc(N2CCCS2(=O)=O)c1)Nc1ccccc1OC(F)F. The Labute approximate surface area is 171 Å². The number of carbonyl (C=O) groups is 2. The number of anilines is 2. The summed E-state index contributed by atoms with van der Waals surface area (Å²) in [6.07, 6.45) is 0.494. The Bertz CT molecular complexity index is 1040. The molecule has 1 aliphatic rings. The Kier molecular flexibility index (Phi) is 6.50. The van der Waals surface area contributed by atoms with Crippen LogP contribution in [0.1, 0.15) is 16.8 Å². The van der Waals surface area contributed by atoms with Crippen LogP contribution in [0.25, 0.3) is 0 Å². The monoisotopic (exact) mass is 440 g/mol. The van der Waals surface area contributed by atoms with Gasteiger partial charge in [-0.05, 0) is 36.8 Å². The molecule has 2 aromatic carbocycles. The van der Waals surface area contributed by atoms with Crippen molar-refractivity contribution in [2.45, 2.75) is 13.0 Å². The number of hydrogen-bond acceptors (Lipinski definition) is 6. The number of esters is 1.